The minimum atomic E-state index is -0.784. The molecular weight excluding hydrogens is 391 g/mol. The fourth-order valence-corrected chi connectivity index (χ4v) is 3.22. The first-order valence-corrected chi connectivity index (χ1v) is 9.16. The molecule has 0 aliphatic carbocycles. The first kappa shape index (κ1) is 19.0. The van der Waals surface area contributed by atoms with Crippen LogP contribution in [-0.2, 0) is 16.1 Å². The van der Waals surface area contributed by atoms with Gasteiger partial charge in [0.25, 0.3) is 5.91 Å². The highest BCUT2D eigenvalue weighted by atomic mass is 35.5. The van der Waals surface area contributed by atoms with Gasteiger partial charge in [-0.05, 0) is 29.8 Å². The first-order chi connectivity index (χ1) is 13.0. The standard InChI is InChI=1S/C19H14ClFN2O3S/c20-16-7-2-1-4-14(16)11-23-8-9-27-19(23)22-17(24)12-26-18(25)13-5-3-6-15(21)10-13/h1-10H,11-12H2. The Morgan fingerprint density at radius 2 is 2.00 bits per heavy atom. The van der Waals surface area contributed by atoms with Gasteiger partial charge in [-0.1, -0.05) is 35.9 Å². The van der Waals surface area contributed by atoms with Crippen molar-refractivity contribution in [2.45, 2.75) is 6.54 Å². The predicted octanol–water partition coefficient (Wildman–Crippen LogP) is 3.67. The lowest BCUT2D eigenvalue weighted by molar-refractivity contribution is -0.121. The molecule has 1 amide bonds. The highest BCUT2D eigenvalue weighted by Crippen LogP contribution is 2.15. The van der Waals surface area contributed by atoms with E-state index in [1.54, 1.807) is 22.2 Å². The average molecular weight is 405 g/mol. The van der Waals surface area contributed by atoms with Crippen LogP contribution in [0, 0.1) is 5.82 Å². The third kappa shape index (κ3) is 5.12. The summed E-state index contributed by atoms with van der Waals surface area (Å²) in [6.07, 6.45) is 1.79. The van der Waals surface area contributed by atoms with E-state index >= 15 is 0 Å². The van der Waals surface area contributed by atoms with Crippen LogP contribution < -0.4 is 4.80 Å². The van der Waals surface area contributed by atoms with Crippen molar-refractivity contribution >= 4 is 34.8 Å². The van der Waals surface area contributed by atoms with Crippen molar-refractivity contribution in [3.05, 3.63) is 86.9 Å². The molecule has 1 aromatic heterocycles. The summed E-state index contributed by atoms with van der Waals surface area (Å²) in [7, 11) is 0. The van der Waals surface area contributed by atoms with Crippen molar-refractivity contribution in [3.8, 4) is 0 Å². The van der Waals surface area contributed by atoms with Crippen LogP contribution in [0.15, 0.2) is 65.1 Å². The average Bonchev–Trinajstić information content (AvgIpc) is 3.08. The lowest BCUT2D eigenvalue weighted by Gasteiger charge is -2.05. The van der Waals surface area contributed by atoms with E-state index in [0.717, 1.165) is 11.6 Å². The van der Waals surface area contributed by atoms with Crippen LogP contribution >= 0.6 is 22.9 Å². The SMILES string of the molecule is O=C(COC(=O)c1cccc(F)c1)N=c1sccn1Cc1ccccc1Cl. The number of rotatable bonds is 5. The number of benzene rings is 2. The Morgan fingerprint density at radius 3 is 2.78 bits per heavy atom. The highest BCUT2D eigenvalue weighted by molar-refractivity contribution is 7.07. The van der Waals surface area contributed by atoms with Gasteiger partial charge in [0.1, 0.15) is 5.82 Å². The normalized spacial score (nSPS) is 11.4. The number of thiazole rings is 1. The number of hydrogen-bond acceptors (Lipinski definition) is 4. The van der Waals surface area contributed by atoms with E-state index in [0.29, 0.717) is 16.4 Å². The van der Waals surface area contributed by atoms with Gasteiger partial charge in [-0.2, -0.15) is 4.99 Å². The van der Waals surface area contributed by atoms with Gasteiger partial charge in [-0.15, -0.1) is 11.3 Å². The second kappa shape index (κ2) is 8.75. The minimum absolute atomic E-state index is 0.0349. The number of nitrogens with zero attached hydrogens (tertiary/aromatic N) is 2. The molecule has 1 heterocycles. The molecule has 0 aliphatic heterocycles. The zero-order valence-corrected chi connectivity index (χ0v) is 15.5. The molecule has 3 rings (SSSR count). The molecule has 0 N–H and O–H groups in total. The summed E-state index contributed by atoms with van der Waals surface area (Å²) in [5, 5.41) is 2.42. The van der Waals surface area contributed by atoms with Crippen LogP contribution in [0.1, 0.15) is 15.9 Å². The van der Waals surface area contributed by atoms with Crippen molar-refractivity contribution in [1.29, 1.82) is 0 Å². The maximum Gasteiger partial charge on any atom is 0.338 e. The van der Waals surface area contributed by atoms with Crippen LogP contribution in [-0.4, -0.2) is 23.1 Å². The van der Waals surface area contributed by atoms with Crippen LogP contribution in [0.4, 0.5) is 4.39 Å². The van der Waals surface area contributed by atoms with Crippen LogP contribution in [0.2, 0.25) is 5.02 Å². The summed E-state index contributed by atoms with van der Waals surface area (Å²) in [5.41, 5.74) is 0.928. The van der Waals surface area contributed by atoms with Gasteiger partial charge >= 0.3 is 5.97 Å². The fourth-order valence-electron chi connectivity index (χ4n) is 2.28. The molecule has 0 unspecified atom stereocenters. The summed E-state index contributed by atoms with van der Waals surface area (Å²) in [4.78, 5) is 28.3. The fraction of sp³-hybridized carbons (Fsp3) is 0.105. The van der Waals surface area contributed by atoms with E-state index in [4.69, 9.17) is 16.3 Å². The zero-order chi connectivity index (χ0) is 19.2. The number of ether oxygens (including phenoxy) is 1. The molecule has 27 heavy (non-hydrogen) atoms. The molecule has 5 nitrogen and oxygen atoms in total. The molecule has 0 aliphatic rings. The molecule has 0 spiro atoms. The number of aromatic nitrogens is 1. The summed E-state index contributed by atoms with van der Waals surface area (Å²) in [5.74, 6) is -1.96. The topological polar surface area (TPSA) is 60.7 Å². The molecule has 0 saturated heterocycles. The number of carbonyl (C=O) groups is 2. The first-order valence-electron chi connectivity index (χ1n) is 7.90. The smallest absolute Gasteiger partial charge is 0.338 e. The van der Waals surface area contributed by atoms with Gasteiger partial charge in [0.15, 0.2) is 11.4 Å². The molecule has 8 heteroatoms. The molecule has 0 bridgehead atoms. The number of carbonyl (C=O) groups excluding carboxylic acids is 2. The van der Waals surface area contributed by atoms with E-state index in [1.807, 2.05) is 18.2 Å². The van der Waals surface area contributed by atoms with Gasteiger partial charge in [0.2, 0.25) is 0 Å². The molecule has 138 valence electrons. The number of hydrogen-bond donors (Lipinski definition) is 0. The number of halogens is 2. The second-order valence-electron chi connectivity index (χ2n) is 5.50. The molecule has 2 aromatic carbocycles. The molecule has 0 saturated carbocycles. The van der Waals surface area contributed by atoms with Gasteiger partial charge < -0.3 is 9.30 Å². The Hall–Kier alpha value is -2.77. The van der Waals surface area contributed by atoms with Crippen LogP contribution in [0.5, 0.6) is 0 Å². The monoisotopic (exact) mass is 404 g/mol. The van der Waals surface area contributed by atoms with Crippen molar-refractivity contribution in [1.82, 2.24) is 4.57 Å². The van der Waals surface area contributed by atoms with E-state index in [2.05, 4.69) is 4.99 Å². The van der Waals surface area contributed by atoms with Crippen molar-refractivity contribution in [2.75, 3.05) is 6.61 Å². The predicted molar refractivity (Wildman–Crippen MR) is 100 cm³/mol. The van der Waals surface area contributed by atoms with E-state index in [-0.39, 0.29) is 5.56 Å². The van der Waals surface area contributed by atoms with Gasteiger partial charge in [-0.3, -0.25) is 4.79 Å². The van der Waals surface area contributed by atoms with Crippen LogP contribution in [0.25, 0.3) is 0 Å². The number of amides is 1. The van der Waals surface area contributed by atoms with Gasteiger partial charge in [0.05, 0.1) is 12.1 Å². The Balaban J connectivity index is 1.67. The van der Waals surface area contributed by atoms with Gasteiger partial charge in [0, 0.05) is 16.6 Å². The molecule has 0 radical (unpaired) electrons. The van der Waals surface area contributed by atoms with Crippen molar-refractivity contribution in [2.24, 2.45) is 4.99 Å². The third-order valence-electron chi connectivity index (χ3n) is 3.57. The molecule has 0 fully saturated rings. The largest absolute Gasteiger partial charge is 0.452 e. The van der Waals surface area contributed by atoms with Crippen molar-refractivity contribution < 1.29 is 18.7 Å². The van der Waals surface area contributed by atoms with E-state index < -0.39 is 24.3 Å². The quantitative estimate of drug-likeness (QED) is 0.609. The summed E-state index contributed by atoms with van der Waals surface area (Å²) < 4.78 is 19.8. The molecular formula is C19H14ClFN2O3S. The van der Waals surface area contributed by atoms with Crippen LogP contribution in [0.3, 0.4) is 0 Å². The maximum atomic E-state index is 13.1. The Labute approximate surface area is 163 Å². The highest BCUT2D eigenvalue weighted by Gasteiger charge is 2.11. The maximum absolute atomic E-state index is 13.1. The molecule has 0 atom stereocenters. The number of esters is 1. The lowest BCUT2D eigenvalue weighted by atomic mass is 10.2. The summed E-state index contributed by atoms with van der Waals surface area (Å²) >= 11 is 7.44. The molecule has 3 aromatic rings. The van der Waals surface area contributed by atoms with Gasteiger partial charge in [-0.25, -0.2) is 9.18 Å². The van der Waals surface area contributed by atoms with Crippen molar-refractivity contribution in [3.63, 3.8) is 0 Å². The van der Waals surface area contributed by atoms with E-state index in [9.17, 15) is 14.0 Å². The third-order valence-corrected chi connectivity index (χ3v) is 4.73. The zero-order valence-electron chi connectivity index (χ0n) is 14.0. The summed E-state index contributed by atoms with van der Waals surface area (Å²) in [6, 6.07) is 12.4. The Bertz CT molecular complexity index is 1040. The second-order valence-corrected chi connectivity index (χ2v) is 6.78. The lowest BCUT2D eigenvalue weighted by Crippen LogP contribution is -2.20. The van der Waals surface area contributed by atoms with E-state index in [1.165, 1.54) is 29.5 Å². The Kier molecular flexibility index (Phi) is 6.16. The summed E-state index contributed by atoms with van der Waals surface area (Å²) in [6.45, 7) is -0.0717. The Morgan fingerprint density at radius 1 is 1.19 bits per heavy atom. The minimum Gasteiger partial charge on any atom is -0.452 e.